The molecule has 47 heavy (non-hydrogen) atoms. The third-order valence-corrected chi connectivity index (χ3v) is 10.8. The van der Waals surface area contributed by atoms with E-state index >= 15 is 13.2 Å². The fourth-order valence-electron chi connectivity index (χ4n) is 8.02. The molecule has 0 aromatic heterocycles. The minimum absolute atomic E-state index is 0.0388. The summed E-state index contributed by atoms with van der Waals surface area (Å²) in [6.07, 6.45) is 21.4. The number of rotatable bonds is 14. The summed E-state index contributed by atoms with van der Waals surface area (Å²) < 4.78 is 66.4. The molecule has 2 saturated carbocycles. The lowest BCUT2D eigenvalue weighted by atomic mass is 9.68. The zero-order valence-electron chi connectivity index (χ0n) is 28.3. The number of allylic oxidation sites excluding steroid dienone is 2. The Morgan fingerprint density at radius 3 is 1.72 bits per heavy atom. The number of hydrogen-bond acceptors (Lipinski definition) is 1. The summed E-state index contributed by atoms with van der Waals surface area (Å²) in [5.41, 5.74) is 1.69. The molecule has 0 spiro atoms. The molecular weight excluding hydrogens is 596 g/mol. The van der Waals surface area contributed by atoms with Crippen molar-refractivity contribution in [2.75, 3.05) is 6.61 Å². The second-order valence-corrected chi connectivity index (χ2v) is 13.9. The Bertz CT molecular complexity index is 1450. The standard InChI is InChI=1S/C42H52F4O/c1-3-5-6-7-8-9-10-28-47-38-27-26-37(41(45)42(38)46)34-22-20-33(21-23-34)36-25-24-35(39(43)40(36)44)32-18-16-31(17-19-32)30-14-12-29(11-4-2)13-15-30/h4,11,20-27,29-32H,3,5-10,12-19,28H2,1-2H3. The summed E-state index contributed by atoms with van der Waals surface area (Å²) in [5.74, 6) is -1.47. The molecule has 0 unspecified atom stereocenters. The lowest BCUT2D eigenvalue weighted by Crippen LogP contribution is -2.25. The molecule has 2 fully saturated rings. The molecule has 2 aliphatic carbocycles. The van der Waals surface area contributed by atoms with E-state index in [0.717, 1.165) is 56.8 Å². The highest BCUT2D eigenvalue weighted by atomic mass is 19.2. The van der Waals surface area contributed by atoms with Gasteiger partial charge in [-0.25, -0.2) is 13.2 Å². The van der Waals surface area contributed by atoms with Crippen LogP contribution in [0.1, 0.15) is 122 Å². The predicted octanol–water partition coefficient (Wildman–Crippen LogP) is 13.4. The molecule has 0 saturated heterocycles. The van der Waals surface area contributed by atoms with Crippen molar-refractivity contribution in [2.45, 2.75) is 116 Å². The first-order valence-corrected chi connectivity index (χ1v) is 18.2. The first-order valence-electron chi connectivity index (χ1n) is 18.2. The Hall–Kier alpha value is -3.08. The van der Waals surface area contributed by atoms with Gasteiger partial charge < -0.3 is 4.74 Å². The maximum Gasteiger partial charge on any atom is 0.201 e. The van der Waals surface area contributed by atoms with E-state index in [1.165, 1.54) is 63.5 Å². The fraction of sp³-hybridized carbons (Fsp3) is 0.524. The molecule has 0 bridgehead atoms. The zero-order chi connectivity index (χ0) is 33.2. The van der Waals surface area contributed by atoms with Crippen LogP contribution in [0.4, 0.5) is 17.6 Å². The summed E-state index contributed by atoms with van der Waals surface area (Å²) in [4.78, 5) is 0. The molecule has 3 aromatic rings. The Labute approximate surface area is 279 Å². The van der Waals surface area contributed by atoms with E-state index in [1.54, 1.807) is 36.4 Å². The molecule has 2 aliphatic rings. The van der Waals surface area contributed by atoms with Gasteiger partial charge in [0.2, 0.25) is 5.82 Å². The van der Waals surface area contributed by atoms with Gasteiger partial charge in [0.05, 0.1) is 6.61 Å². The van der Waals surface area contributed by atoms with Crippen molar-refractivity contribution < 1.29 is 22.3 Å². The lowest BCUT2D eigenvalue weighted by Gasteiger charge is -2.37. The van der Waals surface area contributed by atoms with Gasteiger partial charge in [-0.1, -0.05) is 94.0 Å². The van der Waals surface area contributed by atoms with Crippen LogP contribution in [0.2, 0.25) is 0 Å². The van der Waals surface area contributed by atoms with E-state index in [0.29, 0.717) is 29.2 Å². The summed E-state index contributed by atoms with van der Waals surface area (Å²) in [6.45, 7) is 4.63. The molecule has 0 radical (unpaired) electrons. The Balaban J connectivity index is 1.17. The van der Waals surface area contributed by atoms with Crippen LogP contribution in [0.15, 0.2) is 60.7 Å². The SMILES string of the molecule is CC=CC1CCC(C2CCC(c3ccc(-c4ccc(-c5ccc(OCCCCCCCCC)c(F)c5F)cc4)c(F)c3F)CC2)CC1. The summed E-state index contributed by atoms with van der Waals surface area (Å²) in [5, 5.41) is 0. The molecule has 254 valence electrons. The van der Waals surface area contributed by atoms with Crippen molar-refractivity contribution in [3.63, 3.8) is 0 Å². The molecule has 1 nitrogen and oxygen atoms in total. The van der Waals surface area contributed by atoms with E-state index in [-0.39, 0.29) is 22.8 Å². The third-order valence-electron chi connectivity index (χ3n) is 10.8. The van der Waals surface area contributed by atoms with Gasteiger partial charge in [0, 0.05) is 11.1 Å². The predicted molar refractivity (Wildman–Crippen MR) is 186 cm³/mol. The molecule has 0 aliphatic heterocycles. The van der Waals surface area contributed by atoms with Crippen molar-refractivity contribution in [3.05, 3.63) is 89.5 Å². The van der Waals surface area contributed by atoms with E-state index in [4.69, 9.17) is 4.74 Å². The first-order chi connectivity index (χ1) is 22.9. The van der Waals surface area contributed by atoms with Gasteiger partial charge in [0.15, 0.2) is 23.2 Å². The highest BCUT2D eigenvalue weighted by Crippen LogP contribution is 2.45. The van der Waals surface area contributed by atoms with Crippen LogP contribution in [-0.2, 0) is 0 Å². The monoisotopic (exact) mass is 648 g/mol. The van der Waals surface area contributed by atoms with E-state index in [9.17, 15) is 4.39 Å². The molecular formula is C42H52F4O. The number of halogens is 4. The summed E-state index contributed by atoms with van der Waals surface area (Å²) in [6, 6.07) is 12.9. The number of ether oxygens (including phenoxy) is 1. The van der Waals surface area contributed by atoms with Crippen molar-refractivity contribution in [2.24, 2.45) is 17.8 Å². The smallest absolute Gasteiger partial charge is 0.201 e. The minimum atomic E-state index is -1.01. The quantitative estimate of drug-likeness (QED) is 0.0960. The van der Waals surface area contributed by atoms with Crippen molar-refractivity contribution in [1.29, 1.82) is 0 Å². The third kappa shape index (κ3) is 8.89. The van der Waals surface area contributed by atoms with Crippen molar-refractivity contribution in [3.8, 4) is 28.0 Å². The van der Waals surface area contributed by atoms with Gasteiger partial charge in [0.25, 0.3) is 0 Å². The van der Waals surface area contributed by atoms with Crippen LogP contribution in [0.5, 0.6) is 5.75 Å². The Kier molecular flexibility index (Phi) is 13.0. The van der Waals surface area contributed by atoms with E-state index < -0.39 is 23.3 Å². The fourth-order valence-corrected chi connectivity index (χ4v) is 8.02. The van der Waals surface area contributed by atoms with Crippen LogP contribution >= 0.6 is 0 Å². The molecule has 5 heteroatoms. The van der Waals surface area contributed by atoms with Crippen LogP contribution in [0.3, 0.4) is 0 Å². The Morgan fingerprint density at radius 2 is 1.13 bits per heavy atom. The summed E-state index contributed by atoms with van der Waals surface area (Å²) >= 11 is 0. The lowest BCUT2D eigenvalue weighted by molar-refractivity contribution is 0.170. The van der Waals surface area contributed by atoms with Crippen molar-refractivity contribution >= 4 is 0 Å². The highest BCUT2D eigenvalue weighted by Gasteiger charge is 2.32. The van der Waals surface area contributed by atoms with Crippen LogP contribution in [0, 0.1) is 41.0 Å². The molecule has 0 atom stereocenters. The van der Waals surface area contributed by atoms with Crippen LogP contribution in [0.25, 0.3) is 22.3 Å². The van der Waals surface area contributed by atoms with Gasteiger partial charge in [-0.15, -0.1) is 0 Å². The maximum absolute atomic E-state index is 15.5. The second-order valence-electron chi connectivity index (χ2n) is 13.9. The molecule has 0 heterocycles. The number of benzene rings is 3. The molecule has 3 aromatic carbocycles. The topological polar surface area (TPSA) is 9.23 Å². The van der Waals surface area contributed by atoms with Crippen LogP contribution < -0.4 is 4.74 Å². The molecule has 0 N–H and O–H groups in total. The van der Waals surface area contributed by atoms with E-state index in [2.05, 4.69) is 26.0 Å². The minimum Gasteiger partial charge on any atom is -0.490 e. The zero-order valence-corrected chi connectivity index (χ0v) is 28.3. The maximum atomic E-state index is 15.5. The second kappa shape index (κ2) is 17.4. The van der Waals surface area contributed by atoms with Gasteiger partial charge in [-0.3, -0.25) is 0 Å². The van der Waals surface area contributed by atoms with Gasteiger partial charge in [-0.2, -0.15) is 4.39 Å². The Morgan fingerprint density at radius 1 is 0.596 bits per heavy atom. The average Bonchev–Trinajstić information content (AvgIpc) is 3.10. The van der Waals surface area contributed by atoms with Crippen molar-refractivity contribution in [1.82, 2.24) is 0 Å². The number of hydrogen-bond donors (Lipinski definition) is 0. The van der Waals surface area contributed by atoms with E-state index in [1.807, 2.05) is 0 Å². The first kappa shape index (κ1) is 35.2. The van der Waals surface area contributed by atoms with Gasteiger partial charge in [-0.05, 0) is 117 Å². The van der Waals surface area contributed by atoms with Gasteiger partial charge in [0.1, 0.15) is 0 Å². The summed E-state index contributed by atoms with van der Waals surface area (Å²) in [7, 11) is 0. The molecule has 5 rings (SSSR count). The van der Waals surface area contributed by atoms with Crippen LogP contribution in [-0.4, -0.2) is 6.61 Å². The highest BCUT2D eigenvalue weighted by molar-refractivity contribution is 5.72. The normalized spacial score (nSPS) is 21.7. The largest absolute Gasteiger partial charge is 0.490 e. The average molecular weight is 649 g/mol. The number of unbranched alkanes of at least 4 members (excludes halogenated alkanes) is 6. The molecule has 0 amide bonds. The van der Waals surface area contributed by atoms with Gasteiger partial charge >= 0.3 is 0 Å².